The smallest absolute Gasteiger partial charge is 0.407 e. The Kier molecular flexibility index (Phi) is 9.10. The Morgan fingerprint density at radius 2 is 1.88 bits per heavy atom. The van der Waals surface area contributed by atoms with Crippen LogP contribution in [0, 0.1) is 18.6 Å². The number of thiazole rings is 1. The summed E-state index contributed by atoms with van der Waals surface area (Å²) in [4.78, 5) is 45.0. The van der Waals surface area contributed by atoms with E-state index in [0.29, 0.717) is 25.5 Å². The van der Waals surface area contributed by atoms with Gasteiger partial charge in [-0.2, -0.15) is 0 Å². The van der Waals surface area contributed by atoms with Gasteiger partial charge in [-0.15, -0.1) is 11.3 Å². The molecule has 12 heteroatoms. The predicted molar refractivity (Wildman–Crippen MR) is 144 cm³/mol. The van der Waals surface area contributed by atoms with Crippen LogP contribution in [0.5, 0.6) is 0 Å². The average molecular weight is 573 g/mol. The molecule has 0 saturated carbocycles. The van der Waals surface area contributed by atoms with E-state index in [1.54, 1.807) is 19.2 Å². The van der Waals surface area contributed by atoms with Crippen molar-refractivity contribution in [3.8, 4) is 0 Å². The minimum Gasteiger partial charge on any atom is -0.465 e. The minimum atomic E-state index is -1.36. The summed E-state index contributed by atoms with van der Waals surface area (Å²) in [5.41, 5.74) is 1.44. The minimum absolute atomic E-state index is 0.133. The maximum atomic E-state index is 13.9. The fourth-order valence-corrected chi connectivity index (χ4v) is 5.73. The largest absolute Gasteiger partial charge is 0.465 e. The third kappa shape index (κ3) is 6.99. The number of carbonyl (C=O) groups excluding carboxylic acids is 2. The summed E-state index contributed by atoms with van der Waals surface area (Å²) in [5.74, 6) is -2.58. The van der Waals surface area contributed by atoms with E-state index < -0.39 is 41.8 Å². The van der Waals surface area contributed by atoms with Gasteiger partial charge in [0.05, 0.1) is 24.7 Å². The molecule has 2 heterocycles. The van der Waals surface area contributed by atoms with E-state index >= 15 is 0 Å². The van der Waals surface area contributed by atoms with Gasteiger partial charge in [-0.05, 0) is 62.1 Å². The van der Waals surface area contributed by atoms with Crippen LogP contribution >= 0.6 is 11.3 Å². The molecular weight excluding hydrogens is 542 g/mol. The van der Waals surface area contributed by atoms with Gasteiger partial charge in [-0.3, -0.25) is 9.59 Å². The molecule has 212 valence electrons. The fourth-order valence-electron chi connectivity index (χ4n) is 4.91. The molecule has 1 fully saturated rings. The number of rotatable bonds is 9. The van der Waals surface area contributed by atoms with Crippen LogP contribution in [0.2, 0.25) is 0 Å². The van der Waals surface area contributed by atoms with Crippen molar-refractivity contribution in [3.63, 3.8) is 0 Å². The molecule has 3 aromatic rings. The summed E-state index contributed by atoms with van der Waals surface area (Å²) in [5, 5.41) is 26.1. The van der Waals surface area contributed by atoms with Crippen LogP contribution in [-0.2, 0) is 13.0 Å². The second kappa shape index (κ2) is 12.5. The van der Waals surface area contributed by atoms with Crippen LogP contribution in [0.25, 0.3) is 0 Å². The van der Waals surface area contributed by atoms with Crippen LogP contribution in [0.15, 0.2) is 47.8 Å². The van der Waals surface area contributed by atoms with Crippen LogP contribution in [0.3, 0.4) is 0 Å². The molecule has 0 aliphatic carbocycles. The monoisotopic (exact) mass is 572 g/mol. The molecule has 1 aromatic heterocycles. The lowest BCUT2D eigenvalue weighted by Crippen LogP contribution is -2.54. The van der Waals surface area contributed by atoms with Crippen molar-refractivity contribution in [2.24, 2.45) is 0 Å². The van der Waals surface area contributed by atoms with Crippen molar-refractivity contribution >= 4 is 29.2 Å². The Morgan fingerprint density at radius 1 is 1.18 bits per heavy atom. The topological polar surface area (TPSA) is 123 Å². The van der Waals surface area contributed by atoms with Crippen molar-refractivity contribution in [2.45, 2.75) is 50.9 Å². The predicted octanol–water partition coefficient (Wildman–Crippen LogP) is 3.85. The molecule has 4 rings (SSSR count). The molecule has 9 nitrogen and oxygen atoms in total. The number of hydrogen-bond donors (Lipinski definition) is 3. The van der Waals surface area contributed by atoms with Crippen molar-refractivity contribution in [3.05, 3.63) is 86.9 Å². The van der Waals surface area contributed by atoms with Gasteiger partial charge in [-0.25, -0.2) is 18.6 Å². The molecule has 3 N–H and O–H groups in total. The Labute approximate surface area is 234 Å². The highest BCUT2D eigenvalue weighted by atomic mass is 32.1. The molecule has 0 spiro atoms. The number of amides is 3. The second-order valence-electron chi connectivity index (χ2n) is 9.86. The van der Waals surface area contributed by atoms with Crippen LogP contribution < -0.4 is 5.32 Å². The number of aliphatic hydroxyl groups excluding tert-OH is 1. The Hall–Kier alpha value is -3.90. The number of carboxylic acid groups (broad SMARTS) is 1. The Balaban J connectivity index is 1.54. The maximum absolute atomic E-state index is 13.9. The van der Waals surface area contributed by atoms with E-state index in [2.05, 4.69) is 10.3 Å². The van der Waals surface area contributed by atoms with Crippen LogP contribution in [0.1, 0.15) is 49.8 Å². The van der Waals surface area contributed by atoms with Gasteiger partial charge < -0.3 is 25.3 Å². The number of aryl methyl sites for hydroxylation is 1. The number of likely N-dealkylation sites (tertiary alicyclic amines) is 1. The number of nitrogens with one attached hydrogen (secondary N) is 1. The molecular formula is C28H30F2N4O5S. The summed E-state index contributed by atoms with van der Waals surface area (Å²) < 4.78 is 27.8. The summed E-state index contributed by atoms with van der Waals surface area (Å²) in [6, 6.07) is 7.08. The number of benzene rings is 2. The van der Waals surface area contributed by atoms with E-state index in [1.165, 1.54) is 28.4 Å². The zero-order chi connectivity index (χ0) is 29.0. The van der Waals surface area contributed by atoms with E-state index in [1.807, 2.05) is 12.3 Å². The summed E-state index contributed by atoms with van der Waals surface area (Å²) >= 11 is 1.44. The lowest BCUT2D eigenvalue weighted by Gasteiger charge is -2.32. The SMILES string of the molecule is Cc1csc(CN(C)C(=O)c2cccc(C(=O)NC(Cc3cc(F)cc(F)c3)C(O)C3CCCN3C(=O)O)c2)n1. The molecule has 1 aliphatic heterocycles. The molecule has 40 heavy (non-hydrogen) atoms. The number of hydrogen-bond acceptors (Lipinski definition) is 6. The van der Waals surface area contributed by atoms with Gasteiger partial charge in [0.25, 0.3) is 11.8 Å². The van der Waals surface area contributed by atoms with Crippen molar-refractivity contribution in [1.29, 1.82) is 0 Å². The average Bonchev–Trinajstić information content (AvgIpc) is 3.56. The van der Waals surface area contributed by atoms with Gasteiger partial charge in [0, 0.05) is 41.9 Å². The molecule has 3 unspecified atom stereocenters. The molecule has 3 amide bonds. The van der Waals surface area contributed by atoms with Gasteiger partial charge in [-0.1, -0.05) is 6.07 Å². The van der Waals surface area contributed by atoms with Crippen molar-refractivity contribution < 1.29 is 33.4 Å². The molecule has 3 atom stereocenters. The summed E-state index contributed by atoms with van der Waals surface area (Å²) in [6.07, 6.45) is -1.81. The maximum Gasteiger partial charge on any atom is 0.407 e. The quantitative estimate of drug-likeness (QED) is 0.358. The third-order valence-electron chi connectivity index (χ3n) is 6.80. The zero-order valence-electron chi connectivity index (χ0n) is 22.0. The number of nitrogens with zero attached hydrogens (tertiary/aromatic N) is 3. The number of aliphatic hydroxyl groups is 1. The van der Waals surface area contributed by atoms with Crippen LogP contribution in [0.4, 0.5) is 13.6 Å². The zero-order valence-corrected chi connectivity index (χ0v) is 22.8. The highest BCUT2D eigenvalue weighted by Gasteiger charge is 2.38. The third-order valence-corrected chi connectivity index (χ3v) is 7.75. The standard InChI is InChI=1S/C28H30F2N4O5S/c1-16-15-40-24(31-16)14-33(2)27(37)19-6-3-5-18(12-19)26(36)32-22(11-17-9-20(29)13-21(30)10-17)25(35)23-7-4-8-34(23)28(38)39/h3,5-6,9-10,12-13,15,22-23,25,35H,4,7-8,11,14H2,1-2H3,(H,32,36)(H,38,39). The Morgan fingerprint density at radius 3 is 2.52 bits per heavy atom. The molecule has 0 bridgehead atoms. The lowest BCUT2D eigenvalue weighted by atomic mass is 9.94. The van der Waals surface area contributed by atoms with E-state index in [-0.39, 0.29) is 35.6 Å². The second-order valence-corrected chi connectivity index (χ2v) is 10.8. The number of halogens is 2. The molecule has 2 aromatic carbocycles. The summed E-state index contributed by atoms with van der Waals surface area (Å²) in [7, 11) is 1.63. The van der Waals surface area contributed by atoms with E-state index in [9.17, 15) is 33.4 Å². The molecule has 1 aliphatic rings. The fraction of sp³-hybridized carbons (Fsp3) is 0.357. The van der Waals surface area contributed by atoms with Crippen LogP contribution in [-0.4, -0.2) is 74.7 Å². The van der Waals surface area contributed by atoms with Gasteiger partial charge >= 0.3 is 6.09 Å². The van der Waals surface area contributed by atoms with E-state index in [4.69, 9.17) is 0 Å². The molecule has 1 saturated heterocycles. The lowest BCUT2D eigenvalue weighted by molar-refractivity contribution is 0.0412. The number of aromatic nitrogens is 1. The first-order valence-corrected chi connectivity index (χ1v) is 13.6. The Bertz CT molecular complexity index is 1380. The van der Waals surface area contributed by atoms with Gasteiger partial charge in [0.2, 0.25) is 0 Å². The first-order valence-electron chi connectivity index (χ1n) is 12.7. The van der Waals surface area contributed by atoms with Crippen molar-refractivity contribution in [1.82, 2.24) is 20.1 Å². The first-order chi connectivity index (χ1) is 19.0. The van der Waals surface area contributed by atoms with Gasteiger partial charge in [0.15, 0.2) is 0 Å². The number of carbonyl (C=O) groups is 3. The highest BCUT2D eigenvalue weighted by molar-refractivity contribution is 7.09. The summed E-state index contributed by atoms with van der Waals surface area (Å²) in [6.45, 7) is 2.39. The van der Waals surface area contributed by atoms with E-state index in [0.717, 1.165) is 27.7 Å². The first kappa shape index (κ1) is 29.1. The normalized spacial score (nSPS) is 16.4. The van der Waals surface area contributed by atoms with Crippen molar-refractivity contribution in [2.75, 3.05) is 13.6 Å². The molecule has 0 radical (unpaired) electrons. The van der Waals surface area contributed by atoms with Gasteiger partial charge in [0.1, 0.15) is 16.6 Å². The highest BCUT2D eigenvalue weighted by Crippen LogP contribution is 2.24.